The first-order valence-electron chi connectivity index (χ1n) is 9.77. The molecule has 170 valence electrons. The molecular weight excluding hydrogens is 466 g/mol. The first kappa shape index (κ1) is 22.6. The van der Waals surface area contributed by atoms with Crippen LogP contribution >= 0.6 is 22.9 Å². The molecule has 0 aliphatic heterocycles. The maximum Gasteiger partial charge on any atom is 0.271 e. The van der Waals surface area contributed by atoms with E-state index < -0.39 is 5.91 Å². The third-order valence-corrected chi connectivity index (χ3v) is 6.17. The van der Waals surface area contributed by atoms with Crippen LogP contribution in [0.4, 0.5) is 5.69 Å². The Hall–Kier alpha value is -3.56. The van der Waals surface area contributed by atoms with E-state index >= 15 is 0 Å². The van der Waals surface area contributed by atoms with Gasteiger partial charge >= 0.3 is 0 Å². The van der Waals surface area contributed by atoms with Gasteiger partial charge in [-0.25, -0.2) is 4.98 Å². The number of rotatable bonds is 7. The fourth-order valence-corrected chi connectivity index (χ4v) is 4.50. The minimum atomic E-state index is -0.401. The second-order valence-electron chi connectivity index (χ2n) is 6.97. The average molecular weight is 486 g/mol. The number of carbonyl (C=O) groups is 1. The topological polar surface area (TPSA) is 91.7 Å². The van der Waals surface area contributed by atoms with E-state index in [1.807, 2.05) is 17.5 Å². The molecule has 0 saturated heterocycles. The number of nitrogens with one attached hydrogen (secondary N) is 1. The molecule has 0 spiro atoms. The number of anilines is 1. The summed E-state index contributed by atoms with van der Waals surface area (Å²) in [5, 5.41) is 5.26. The van der Waals surface area contributed by atoms with Gasteiger partial charge in [0, 0.05) is 33.8 Å². The lowest BCUT2D eigenvalue weighted by atomic mass is 10.1. The number of thiophene rings is 1. The van der Waals surface area contributed by atoms with Crippen molar-refractivity contribution < 1.29 is 19.0 Å². The third-order valence-electron chi connectivity index (χ3n) is 4.96. The quantitative estimate of drug-likeness (QED) is 0.416. The Balaban J connectivity index is 1.58. The van der Waals surface area contributed by atoms with E-state index in [1.54, 1.807) is 24.3 Å². The van der Waals surface area contributed by atoms with Gasteiger partial charge in [0.15, 0.2) is 11.5 Å². The molecule has 10 heteroatoms. The van der Waals surface area contributed by atoms with Crippen LogP contribution in [0, 0.1) is 0 Å². The Morgan fingerprint density at radius 2 is 1.76 bits per heavy atom. The standard InChI is InChI=1S/C23H20ClN3O5S/c1-30-17-8-15(9-18(31-2)21(17)32-3)26-19(28)10-27-12-25-20-16(11-33-22(20)23(27)29)13-4-6-14(24)7-5-13/h4-9,11-12H,10H2,1-3H3,(H,26,28). The molecule has 2 aromatic heterocycles. The number of benzene rings is 2. The number of ether oxygens (including phenoxy) is 3. The van der Waals surface area contributed by atoms with E-state index in [0.29, 0.717) is 38.2 Å². The number of aromatic nitrogens is 2. The van der Waals surface area contributed by atoms with Crippen molar-refractivity contribution in [2.24, 2.45) is 0 Å². The van der Waals surface area contributed by atoms with E-state index in [0.717, 1.165) is 11.1 Å². The van der Waals surface area contributed by atoms with Crippen LogP contribution < -0.4 is 25.1 Å². The van der Waals surface area contributed by atoms with Gasteiger partial charge in [0.1, 0.15) is 11.2 Å². The SMILES string of the molecule is COc1cc(NC(=O)Cn2cnc3c(-c4ccc(Cl)cc4)csc3c2=O)cc(OC)c1OC. The molecule has 4 rings (SSSR count). The Morgan fingerprint density at radius 3 is 2.36 bits per heavy atom. The van der Waals surface area contributed by atoms with Crippen molar-refractivity contribution in [3.8, 4) is 28.4 Å². The highest BCUT2D eigenvalue weighted by molar-refractivity contribution is 7.17. The van der Waals surface area contributed by atoms with Gasteiger partial charge in [-0.2, -0.15) is 0 Å². The summed E-state index contributed by atoms with van der Waals surface area (Å²) < 4.78 is 17.6. The molecule has 0 saturated carbocycles. The van der Waals surface area contributed by atoms with Crippen molar-refractivity contribution in [2.45, 2.75) is 6.54 Å². The molecule has 2 heterocycles. The summed E-state index contributed by atoms with van der Waals surface area (Å²) in [7, 11) is 4.47. The average Bonchev–Trinajstić information content (AvgIpc) is 3.25. The first-order valence-corrected chi connectivity index (χ1v) is 11.0. The Labute approximate surface area is 198 Å². The highest BCUT2D eigenvalue weighted by Gasteiger charge is 2.17. The Morgan fingerprint density at radius 1 is 1.09 bits per heavy atom. The van der Waals surface area contributed by atoms with Crippen LogP contribution in [0.3, 0.4) is 0 Å². The third kappa shape index (κ3) is 4.50. The Kier molecular flexibility index (Phi) is 6.52. The summed E-state index contributed by atoms with van der Waals surface area (Å²) in [6.45, 7) is -0.202. The molecule has 1 amide bonds. The summed E-state index contributed by atoms with van der Waals surface area (Å²) in [5.74, 6) is 0.821. The van der Waals surface area contributed by atoms with Crippen molar-refractivity contribution >= 4 is 44.7 Å². The van der Waals surface area contributed by atoms with Gasteiger partial charge in [-0.05, 0) is 17.7 Å². The molecule has 8 nitrogen and oxygen atoms in total. The molecule has 0 aliphatic rings. The minimum absolute atomic E-state index is 0.202. The first-order chi connectivity index (χ1) is 15.9. The van der Waals surface area contributed by atoms with Crippen LogP contribution in [-0.4, -0.2) is 36.8 Å². The van der Waals surface area contributed by atoms with Crippen LogP contribution in [0.15, 0.2) is 52.9 Å². The van der Waals surface area contributed by atoms with Gasteiger partial charge in [-0.1, -0.05) is 23.7 Å². The monoisotopic (exact) mass is 485 g/mol. The van der Waals surface area contributed by atoms with Crippen molar-refractivity contribution in [1.82, 2.24) is 9.55 Å². The summed E-state index contributed by atoms with van der Waals surface area (Å²) in [5.41, 5.74) is 2.50. The molecule has 0 unspecified atom stereocenters. The second kappa shape index (κ2) is 9.51. The van der Waals surface area contributed by atoms with Gasteiger partial charge in [-0.3, -0.25) is 14.2 Å². The van der Waals surface area contributed by atoms with Crippen molar-refractivity contribution in [3.63, 3.8) is 0 Å². The van der Waals surface area contributed by atoms with Crippen molar-refractivity contribution in [3.05, 3.63) is 63.5 Å². The normalized spacial score (nSPS) is 10.8. The van der Waals surface area contributed by atoms with E-state index in [-0.39, 0.29) is 12.1 Å². The van der Waals surface area contributed by atoms with E-state index in [4.69, 9.17) is 25.8 Å². The number of nitrogens with zero attached hydrogens (tertiary/aromatic N) is 2. The van der Waals surface area contributed by atoms with Crippen LogP contribution in [0.25, 0.3) is 21.3 Å². The molecule has 1 N–H and O–H groups in total. The molecule has 4 aromatic rings. The molecule has 33 heavy (non-hydrogen) atoms. The highest BCUT2D eigenvalue weighted by atomic mass is 35.5. The molecule has 0 atom stereocenters. The molecule has 0 aliphatic carbocycles. The maximum atomic E-state index is 13.0. The minimum Gasteiger partial charge on any atom is -0.493 e. The van der Waals surface area contributed by atoms with E-state index in [9.17, 15) is 9.59 Å². The van der Waals surface area contributed by atoms with E-state index in [1.165, 1.54) is 43.6 Å². The van der Waals surface area contributed by atoms with Crippen molar-refractivity contribution in [1.29, 1.82) is 0 Å². The van der Waals surface area contributed by atoms with Crippen molar-refractivity contribution in [2.75, 3.05) is 26.6 Å². The number of fused-ring (bicyclic) bond motifs is 1. The lowest BCUT2D eigenvalue weighted by molar-refractivity contribution is -0.116. The fraction of sp³-hybridized carbons (Fsp3) is 0.174. The molecule has 0 fully saturated rings. The zero-order chi connectivity index (χ0) is 23.5. The van der Waals surface area contributed by atoms with Gasteiger partial charge in [0.25, 0.3) is 5.56 Å². The highest BCUT2D eigenvalue weighted by Crippen LogP contribution is 2.40. The second-order valence-corrected chi connectivity index (χ2v) is 8.29. The summed E-state index contributed by atoms with van der Waals surface area (Å²) in [6.07, 6.45) is 1.38. The lowest BCUT2D eigenvalue weighted by Gasteiger charge is -2.14. The number of amides is 1. The van der Waals surface area contributed by atoms with Gasteiger partial charge in [0.05, 0.1) is 33.2 Å². The summed E-state index contributed by atoms with van der Waals surface area (Å²) in [6, 6.07) is 10.6. The molecular formula is C23H20ClN3O5S. The number of carbonyl (C=O) groups excluding carboxylic acids is 1. The predicted octanol–water partition coefficient (Wildman–Crippen LogP) is 4.44. The van der Waals surface area contributed by atoms with E-state index in [2.05, 4.69) is 10.3 Å². The predicted molar refractivity (Wildman–Crippen MR) is 129 cm³/mol. The fourth-order valence-electron chi connectivity index (χ4n) is 3.40. The number of halogens is 1. The summed E-state index contributed by atoms with van der Waals surface area (Å²) in [4.78, 5) is 30.1. The number of hydrogen-bond donors (Lipinski definition) is 1. The molecule has 2 aromatic carbocycles. The van der Waals surface area contributed by atoms with Gasteiger partial charge in [0.2, 0.25) is 11.7 Å². The van der Waals surface area contributed by atoms with Crippen LogP contribution in [0.5, 0.6) is 17.2 Å². The van der Waals surface area contributed by atoms with Crippen LogP contribution in [-0.2, 0) is 11.3 Å². The molecule has 0 bridgehead atoms. The van der Waals surface area contributed by atoms with Gasteiger partial charge < -0.3 is 19.5 Å². The number of hydrogen-bond acceptors (Lipinski definition) is 7. The zero-order valence-corrected chi connectivity index (χ0v) is 19.6. The number of methoxy groups -OCH3 is 3. The maximum absolute atomic E-state index is 13.0. The van der Waals surface area contributed by atoms with Crippen LogP contribution in [0.1, 0.15) is 0 Å². The van der Waals surface area contributed by atoms with Gasteiger partial charge in [-0.15, -0.1) is 11.3 Å². The van der Waals surface area contributed by atoms with Crippen LogP contribution in [0.2, 0.25) is 5.02 Å². The lowest BCUT2D eigenvalue weighted by Crippen LogP contribution is -2.27. The Bertz CT molecular complexity index is 1360. The summed E-state index contributed by atoms with van der Waals surface area (Å²) >= 11 is 7.26. The largest absolute Gasteiger partial charge is 0.493 e. The zero-order valence-electron chi connectivity index (χ0n) is 18.0. The molecule has 0 radical (unpaired) electrons. The smallest absolute Gasteiger partial charge is 0.271 e.